The monoisotopic (exact) mass is 233 g/mol. The Bertz CT molecular complexity index is 380. The van der Waals surface area contributed by atoms with Gasteiger partial charge in [0.25, 0.3) is 0 Å². The van der Waals surface area contributed by atoms with Crippen molar-refractivity contribution in [2.24, 2.45) is 11.7 Å². The van der Waals surface area contributed by atoms with Crippen LogP contribution in [0, 0.1) is 5.92 Å². The van der Waals surface area contributed by atoms with E-state index in [2.05, 4.69) is 4.98 Å². The van der Waals surface area contributed by atoms with E-state index in [-0.39, 0.29) is 17.9 Å². The van der Waals surface area contributed by atoms with Crippen LogP contribution < -0.4 is 5.73 Å². The largest absolute Gasteiger partial charge is 0.341 e. The van der Waals surface area contributed by atoms with Crippen LogP contribution in [0.2, 0.25) is 0 Å². The zero-order valence-corrected chi connectivity index (χ0v) is 10.2. The van der Waals surface area contributed by atoms with Crippen LogP contribution in [0.5, 0.6) is 0 Å². The predicted octanol–water partition coefficient (Wildman–Crippen LogP) is 1.17. The summed E-state index contributed by atoms with van der Waals surface area (Å²) in [5, 5.41) is 0. The SMILES string of the molecule is CN(Cc1ccncc1)C(=O)C1CCC(N)C1. The van der Waals surface area contributed by atoms with Crippen LogP contribution in [-0.2, 0) is 11.3 Å². The Morgan fingerprint density at radius 3 is 2.76 bits per heavy atom. The van der Waals surface area contributed by atoms with E-state index in [1.165, 1.54) is 0 Å². The van der Waals surface area contributed by atoms with E-state index in [0.29, 0.717) is 6.54 Å². The highest BCUT2D eigenvalue weighted by atomic mass is 16.2. The highest BCUT2D eigenvalue weighted by Gasteiger charge is 2.29. The number of carbonyl (C=O) groups is 1. The van der Waals surface area contributed by atoms with Crippen molar-refractivity contribution in [1.82, 2.24) is 9.88 Å². The van der Waals surface area contributed by atoms with Gasteiger partial charge in [0.05, 0.1) is 0 Å². The first kappa shape index (κ1) is 12.0. The first-order valence-electron chi connectivity index (χ1n) is 6.06. The van der Waals surface area contributed by atoms with Crippen molar-refractivity contribution in [3.63, 3.8) is 0 Å². The van der Waals surface area contributed by atoms with Crippen LogP contribution in [0.3, 0.4) is 0 Å². The summed E-state index contributed by atoms with van der Waals surface area (Å²) < 4.78 is 0. The number of hydrogen-bond donors (Lipinski definition) is 1. The predicted molar refractivity (Wildman–Crippen MR) is 66.0 cm³/mol. The summed E-state index contributed by atoms with van der Waals surface area (Å²) in [7, 11) is 1.85. The Hall–Kier alpha value is -1.42. The second-order valence-electron chi connectivity index (χ2n) is 4.82. The molecule has 0 radical (unpaired) electrons. The number of aromatic nitrogens is 1. The van der Waals surface area contributed by atoms with Crippen molar-refractivity contribution in [2.75, 3.05) is 7.05 Å². The van der Waals surface area contributed by atoms with Gasteiger partial charge in [-0.3, -0.25) is 9.78 Å². The zero-order valence-electron chi connectivity index (χ0n) is 10.2. The maximum Gasteiger partial charge on any atom is 0.225 e. The fraction of sp³-hybridized carbons (Fsp3) is 0.538. The maximum absolute atomic E-state index is 12.1. The minimum absolute atomic E-state index is 0.122. The first-order valence-corrected chi connectivity index (χ1v) is 6.06. The molecule has 0 aliphatic heterocycles. The second-order valence-corrected chi connectivity index (χ2v) is 4.82. The average Bonchev–Trinajstić information content (AvgIpc) is 2.76. The molecule has 0 aromatic carbocycles. The Morgan fingerprint density at radius 1 is 1.47 bits per heavy atom. The number of nitrogens with zero attached hydrogens (tertiary/aromatic N) is 2. The van der Waals surface area contributed by atoms with Crippen LogP contribution in [0.15, 0.2) is 24.5 Å². The highest BCUT2D eigenvalue weighted by molar-refractivity contribution is 5.78. The number of rotatable bonds is 3. The van der Waals surface area contributed by atoms with Crippen LogP contribution in [-0.4, -0.2) is 28.9 Å². The molecule has 1 aliphatic rings. The molecule has 2 unspecified atom stereocenters. The summed E-state index contributed by atoms with van der Waals surface area (Å²) in [4.78, 5) is 17.9. The van der Waals surface area contributed by atoms with E-state index < -0.39 is 0 Å². The fourth-order valence-electron chi connectivity index (χ4n) is 2.39. The van der Waals surface area contributed by atoms with Crippen LogP contribution in [0.1, 0.15) is 24.8 Å². The number of nitrogens with two attached hydrogens (primary N) is 1. The summed E-state index contributed by atoms with van der Waals surface area (Å²) >= 11 is 0. The summed E-state index contributed by atoms with van der Waals surface area (Å²) in [6, 6.07) is 4.08. The Labute approximate surface area is 102 Å². The quantitative estimate of drug-likeness (QED) is 0.852. The standard InChI is InChI=1S/C13H19N3O/c1-16(9-10-4-6-15-7-5-10)13(17)11-2-3-12(14)8-11/h4-7,11-12H,2-3,8-9,14H2,1H3. The number of hydrogen-bond acceptors (Lipinski definition) is 3. The molecule has 1 aromatic heterocycles. The summed E-state index contributed by atoms with van der Waals surface area (Å²) in [5.41, 5.74) is 6.95. The third-order valence-electron chi connectivity index (χ3n) is 3.37. The number of carbonyl (C=O) groups excluding carboxylic acids is 1. The van der Waals surface area contributed by atoms with Gasteiger partial charge >= 0.3 is 0 Å². The van der Waals surface area contributed by atoms with Crippen molar-refractivity contribution in [2.45, 2.75) is 31.8 Å². The van der Waals surface area contributed by atoms with Gasteiger partial charge in [-0.25, -0.2) is 0 Å². The lowest BCUT2D eigenvalue weighted by atomic mass is 10.1. The molecule has 1 aromatic rings. The molecule has 2 atom stereocenters. The van der Waals surface area contributed by atoms with Gasteiger partial charge in [-0.05, 0) is 37.0 Å². The van der Waals surface area contributed by atoms with Gasteiger partial charge < -0.3 is 10.6 Å². The molecule has 4 nitrogen and oxygen atoms in total. The van der Waals surface area contributed by atoms with Crippen molar-refractivity contribution in [1.29, 1.82) is 0 Å². The lowest BCUT2D eigenvalue weighted by Gasteiger charge is -2.21. The van der Waals surface area contributed by atoms with E-state index in [9.17, 15) is 4.79 Å². The Balaban J connectivity index is 1.92. The average molecular weight is 233 g/mol. The van der Waals surface area contributed by atoms with E-state index in [4.69, 9.17) is 5.73 Å². The van der Waals surface area contributed by atoms with Gasteiger partial charge in [0, 0.05) is 37.9 Å². The number of pyridine rings is 1. The Kier molecular flexibility index (Phi) is 3.74. The molecular formula is C13H19N3O. The molecular weight excluding hydrogens is 214 g/mol. The summed E-state index contributed by atoms with van der Waals surface area (Å²) in [6.45, 7) is 0.646. The van der Waals surface area contributed by atoms with E-state index in [1.54, 1.807) is 17.3 Å². The second kappa shape index (κ2) is 5.27. The molecule has 0 saturated heterocycles. The third kappa shape index (κ3) is 3.03. The van der Waals surface area contributed by atoms with Gasteiger partial charge in [0.15, 0.2) is 0 Å². The molecule has 0 bridgehead atoms. The third-order valence-corrected chi connectivity index (χ3v) is 3.37. The molecule has 92 valence electrons. The van der Waals surface area contributed by atoms with E-state index >= 15 is 0 Å². The normalized spacial score (nSPS) is 23.6. The van der Waals surface area contributed by atoms with Crippen molar-refractivity contribution >= 4 is 5.91 Å². The lowest BCUT2D eigenvalue weighted by Crippen LogP contribution is -2.32. The smallest absolute Gasteiger partial charge is 0.225 e. The van der Waals surface area contributed by atoms with Crippen LogP contribution in [0.4, 0.5) is 0 Å². The minimum Gasteiger partial charge on any atom is -0.341 e. The van der Waals surface area contributed by atoms with Crippen molar-refractivity contribution in [3.8, 4) is 0 Å². The molecule has 1 heterocycles. The molecule has 1 saturated carbocycles. The fourth-order valence-corrected chi connectivity index (χ4v) is 2.39. The van der Waals surface area contributed by atoms with Gasteiger partial charge in [-0.1, -0.05) is 0 Å². The zero-order chi connectivity index (χ0) is 12.3. The van der Waals surface area contributed by atoms with Crippen LogP contribution >= 0.6 is 0 Å². The first-order chi connectivity index (χ1) is 8.16. The van der Waals surface area contributed by atoms with Crippen molar-refractivity contribution < 1.29 is 4.79 Å². The molecule has 17 heavy (non-hydrogen) atoms. The van der Waals surface area contributed by atoms with Gasteiger partial charge in [-0.15, -0.1) is 0 Å². The molecule has 2 rings (SSSR count). The molecule has 1 aliphatic carbocycles. The van der Waals surface area contributed by atoms with Gasteiger partial charge in [-0.2, -0.15) is 0 Å². The van der Waals surface area contributed by atoms with Crippen molar-refractivity contribution in [3.05, 3.63) is 30.1 Å². The molecule has 1 fully saturated rings. The lowest BCUT2D eigenvalue weighted by molar-refractivity contribution is -0.134. The molecule has 1 amide bonds. The maximum atomic E-state index is 12.1. The van der Waals surface area contributed by atoms with E-state index in [1.807, 2.05) is 19.2 Å². The topological polar surface area (TPSA) is 59.2 Å². The molecule has 2 N–H and O–H groups in total. The highest BCUT2D eigenvalue weighted by Crippen LogP contribution is 2.26. The summed E-state index contributed by atoms with van der Waals surface area (Å²) in [5.74, 6) is 0.339. The molecule has 0 spiro atoms. The number of amides is 1. The van der Waals surface area contributed by atoms with E-state index in [0.717, 1.165) is 24.8 Å². The summed E-state index contributed by atoms with van der Waals surface area (Å²) in [6.07, 6.45) is 6.23. The minimum atomic E-state index is 0.122. The van der Waals surface area contributed by atoms with Gasteiger partial charge in [0.2, 0.25) is 5.91 Å². The molecule has 4 heteroatoms. The Morgan fingerprint density at radius 2 is 2.18 bits per heavy atom. The van der Waals surface area contributed by atoms with Gasteiger partial charge in [0.1, 0.15) is 0 Å². The van der Waals surface area contributed by atoms with Crippen LogP contribution in [0.25, 0.3) is 0 Å².